The predicted octanol–water partition coefficient (Wildman–Crippen LogP) is 2.39. The number of rotatable bonds is 5. The van der Waals surface area contributed by atoms with Gasteiger partial charge >= 0.3 is 0 Å². The largest absolute Gasteiger partial charge is 0.350 e. The summed E-state index contributed by atoms with van der Waals surface area (Å²) in [6.45, 7) is 3.84. The maximum absolute atomic E-state index is 12.3. The number of aromatic nitrogens is 1. The first-order valence-electron chi connectivity index (χ1n) is 8.60. The number of pyridine rings is 1. The molecule has 0 spiro atoms. The second-order valence-electron chi connectivity index (χ2n) is 6.74. The molecule has 2 amide bonds. The van der Waals surface area contributed by atoms with E-state index in [1.165, 1.54) is 11.8 Å². The van der Waals surface area contributed by atoms with Crippen LogP contribution in [0.15, 0.2) is 54.9 Å². The fourth-order valence-electron chi connectivity index (χ4n) is 3.31. The number of carbonyl (C=O) groups is 2. The molecular formula is C20H23N3O2. The van der Waals surface area contributed by atoms with Gasteiger partial charge in [-0.3, -0.25) is 14.6 Å². The van der Waals surface area contributed by atoms with Crippen molar-refractivity contribution < 1.29 is 9.59 Å². The topological polar surface area (TPSA) is 62.3 Å². The van der Waals surface area contributed by atoms with Gasteiger partial charge in [-0.15, -0.1) is 0 Å². The van der Waals surface area contributed by atoms with Gasteiger partial charge < -0.3 is 10.2 Å². The second-order valence-corrected chi connectivity index (χ2v) is 6.74. The summed E-state index contributed by atoms with van der Waals surface area (Å²) in [6, 6.07) is 13.8. The number of likely N-dealkylation sites (tertiary alicyclic amines) is 1. The molecule has 1 aliphatic rings. The van der Waals surface area contributed by atoms with E-state index in [0.29, 0.717) is 31.6 Å². The molecule has 1 atom stereocenters. The number of benzene rings is 1. The lowest BCUT2D eigenvalue weighted by Crippen LogP contribution is -2.49. The van der Waals surface area contributed by atoms with E-state index in [9.17, 15) is 9.59 Å². The highest BCUT2D eigenvalue weighted by molar-refractivity contribution is 5.93. The van der Waals surface area contributed by atoms with Crippen LogP contribution in [0.2, 0.25) is 0 Å². The Hall–Kier alpha value is -2.69. The molecule has 0 saturated carbocycles. The molecular weight excluding hydrogens is 314 g/mol. The van der Waals surface area contributed by atoms with E-state index in [2.05, 4.69) is 29.4 Å². The second kappa shape index (κ2) is 7.47. The molecule has 3 rings (SSSR count). The molecule has 1 aliphatic heterocycles. The summed E-state index contributed by atoms with van der Waals surface area (Å²) in [5, 5.41) is 2.86. The van der Waals surface area contributed by atoms with Crippen LogP contribution in [-0.2, 0) is 10.2 Å². The maximum Gasteiger partial charge on any atom is 0.252 e. The van der Waals surface area contributed by atoms with Gasteiger partial charge in [0.05, 0.1) is 5.56 Å². The van der Waals surface area contributed by atoms with Crippen LogP contribution < -0.4 is 5.32 Å². The zero-order valence-electron chi connectivity index (χ0n) is 14.4. The van der Waals surface area contributed by atoms with Crippen LogP contribution in [0.3, 0.4) is 0 Å². The van der Waals surface area contributed by atoms with Gasteiger partial charge in [0.2, 0.25) is 5.91 Å². The van der Waals surface area contributed by atoms with Gasteiger partial charge in [-0.2, -0.15) is 0 Å². The Bertz CT molecular complexity index is 733. The fourth-order valence-corrected chi connectivity index (χ4v) is 3.31. The summed E-state index contributed by atoms with van der Waals surface area (Å²) < 4.78 is 0. The monoisotopic (exact) mass is 337 g/mol. The van der Waals surface area contributed by atoms with Crippen molar-refractivity contribution in [3.8, 4) is 0 Å². The van der Waals surface area contributed by atoms with E-state index in [0.717, 1.165) is 6.42 Å². The minimum absolute atomic E-state index is 0.0392. The maximum atomic E-state index is 12.3. The number of amides is 2. The van der Waals surface area contributed by atoms with E-state index in [4.69, 9.17) is 0 Å². The summed E-state index contributed by atoms with van der Waals surface area (Å²) in [6.07, 6.45) is 4.57. The van der Waals surface area contributed by atoms with Gasteiger partial charge in [0.1, 0.15) is 0 Å². The van der Waals surface area contributed by atoms with E-state index in [1.54, 1.807) is 18.3 Å². The lowest BCUT2D eigenvalue weighted by atomic mass is 9.76. The highest BCUT2D eigenvalue weighted by atomic mass is 16.2. The average molecular weight is 337 g/mol. The van der Waals surface area contributed by atoms with Crippen molar-refractivity contribution in [2.75, 3.05) is 19.6 Å². The van der Waals surface area contributed by atoms with Crippen molar-refractivity contribution in [3.05, 3.63) is 66.0 Å². The number of hydrogen-bond donors (Lipinski definition) is 1. The van der Waals surface area contributed by atoms with E-state index < -0.39 is 0 Å². The van der Waals surface area contributed by atoms with Crippen molar-refractivity contribution >= 4 is 11.8 Å². The van der Waals surface area contributed by atoms with Crippen LogP contribution in [0.4, 0.5) is 0 Å². The zero-order chi connectivity index (χ0) is 17.7. The lowest BCUT2D eigenvalue weighted by Gasteiger charge is -2.40. The predicted molar refractivity (Wildman–Crippen MR) is 96.2 cm³/mol. The highest BCUT2D eigenvalue weighted by Crippen LogP contribution is 2.33. The summed E-state index contributed by atoms with van der Waals surface area (Å²) in [4.78, 5) is 30.1. The Morgan fingerprint density at radius 1 is 1.24 bits per heavy atom. The van der Waals surface area contributed by atoms with E-state index in [-0.39, 0.29) is 17.2 Å². The Morgan fingerprint density at radius 3 is 2.76 bits per heavy atom. The van der Waals surface area contributed by atoms with Gasteiger partial charge in [0.15, 0.2) is 0 Å². The molecule has 2 aromatic rings. The van der Waals surface area contributed by atoms with Gasteiger partial charge in [0, 0.05) is 43.9 Å². The number of carbonyl (C=O) groups excluding carboxylic acids is 2. The fraction of sp³-hybridized carbons (Fsp3) is 0.350. The van der Waals surface area contributed by atoms with Gasteiger partial charge in [0.25, 0.3) is 5.91 Å². The Labute approximate surface area is 148 Å². The number of nitrogens with one attached hydrogen (secondary N) is 1. The minimum Gasteiger partial charge on any atom is -0.350 e. The third-order valence-corrected chi connectivity index (χ3v) is 4.84. The van der Waals surface area contributed by atoms with Crippen molar-refractivity contribution in [3.63, 3.8) is 0 Å². The van der Waals surface area contributed by atoms with Crippen molar-refractivity contribution in [1.29, 1.82) is 0 Å². The van der Waals surface area contributed by atoms with E-state index >= 15 is 0 Å². The molecule has 0 aliphatic carbocycles. The van der Waals surface area contributed by atoms with Gasteiger partial charge in [-0.1, -0.05) is 37.3 Å². The first-order valence-corrected chi connectivity index (χ1v) is 8.60. The van der Waals surface area contributed by atoms with Crippen LogP contribution >= 0.6 is 0 Å². The Kier molecular flexibility index (Phi) is 5.12. The van der Waals surface area contributed by atoms with Crippen LogP contribution in [0.1, 0.15) is 35.7 Å². The Balaban J connectivity index is 1.58. The molecule has 130 valence electrons. The van der Waals surface area contributed by atoms with Crippen LogP contribution in [-0.4, -0.2) is 41.3 Å². The minimum atomic E-state index is -0.164. The van der Waals surface area contributed by atoms with Crippen molar-refractivity contribution in [2.24, 2.45) is 0 Å². The first-order chi connectivity index (χ1) is 12.1. The number of piperidine rings is 1. The molecule has 5 nitrogen and oxygen atoms in total. The molecule has 1 aromatic heterocycles. The molecule has 0 unspecified atom stereocenters. The van der Waals surface area contributed by atoms with Crippen LogP contribution in [0.25, 0.3) is 0 Å². The molecule has 1 fully saturated rings. The van der Waals surface area contributed by atoms with Crippen LogP contribution in [0, 0.1) is 0 Å². The SMILES string of the molecule is C[C@@]1(c2ccccc2)CCC(=O)N(CCNC(=O)c2cccnc2)C1. The van der Waals surface area contributed by atoms with E-state index in [1.807, 2.05) is 23.1 Å². The Morgan fingerprint density at radius 2 is 2.04 bits per heavy atom. The van der Waals surface area contributed by atoms with Crippen LogP contribution in [0.5, 0.6) is 0 Å². The normalized spacial score (nSPS) is 20.4. The molecule has 5 heteroatoms. The molecule has 0 bridgehead atoms. The first kappa shape index (κ1) is 17.1. The average Bonchev–Trinajstić information content (AvgIpc) is 2.66. The zero-order valence-corrected chi connectivity index (χ0v) is 14.4. The summed E-state index contributed by atoms with van der Waals surface area (Å²) >= 11 is 0. The molecule has 2 heterocycles. The molecule has 1 aromatic carbocycles. The summed E-state index contributed by atoms with van der Waals surface area (Å²) in [5.74, 6) is -0.00703. The third-order valence-electron chi connectivity index (χ3n) is 4.84. The molecule has 1 saturated heterocycles. The number of hydrogen-bond acceptors (Lipinski definition) is 3. The van der Waals surface area contributed by atoms with Gasteiger partial charge in [-0.25, -0.2) is 0 Å². The third kappa shape index (κ3) is 4.05. The quantitative estimate of drug-likeness (QED) is 0.911. The standard InChI is InChI=1S/C20H23N3O2/c1-20(17-7-3-2-4-8-17)10-9-18(24)23(15-20)13-12-22-19(25)16-6-5-11-21-14-16/h2-8,11,14H,9-10,12-13,15H2,1H3,(H,22,25)/t20-/m1/s1. The highest BCUT2D eigenvalue weighted by Gasteiger charge is 2.35. The van der Waals surface area contributed by atoms with Crippen molar-refractivity contribution in [1.82, 2.24) is 15.2 Å². The van der Waals surface area contributed by atoms with Crippen molar-refractivity contribution in [2.45, 2.75) is 25.2 Å². The molecule has 0 radical (unpaired) electrons. The van der Waals surface area contributed by atoms with Gasteiger partial charge in [-0.05, 0) is 24.1 Å². The molecule has 1 N–H and O–H groups in total. The number of nitrogens with zero attached hydrogens (tertiary/aromatic N) is 2. The lowest BCUT2D eigenvalue weighted by molar-refractivity contribution is -0.135. The summed E-state index contributed by atoms with van der Waals surface area (Å²) in [7, 11) is 0. The smallest absolute Gasteiger partial charge is 0.252 e. The molecule has 25 heavy (non-hydrogen) atoms. The summed E-state index contributed by atoms with van der Waals surface area (Å²) in [5.41, 5.74) is 1.75.